The molecule has 1 fully saturated rings. The topological polar surface area (TPSA) is 46.9 Å². The summed E-state index contributed by atoms with van der Waals surface area (Å²) in [7, 11) is 0. The molecule has 1 aliphatic heterocycles. The Balaban J connectivity index is 1.65. The third-order valence-corrected chi connectivity index (χ3v) is 5.41. The van der Waals surface area contributed by atoms with Crippen molar-refractivity contribution in [1.29, 1.82) is 0 Å². The van der Waals surface area contributed by atoms with E-state index < -0.39 is 0 Å². The van der Waals surface area contributed by atoms with Gasteiger partial charge < -0.3 is 10.2 Å². The van der Waals surface area contributed by atoms with Crippen molar-refractivity contribution >= 4 is 0 Å². The molecule has 1 atom stereocenters. The lowest BCUT2D eigenvalue weighted by molar-refractivity contribution is 0.0499. The number of piperazine rings is 1. The molecule has 0 aliphatic carbocycles. The van der Waals surface area contributed by atoms with Crippen LogP contribution in [0, 0.1) is 19.7 Å². The fraction of sp³-hybridized carbons (Fsp3) is 0.455. The summed E-state index contributed by atoms with van der Waals surface area (Å²) in [5.41, 5.74) is 4.12. The molecule has 2 N–H and O–H groups in total. The van der Waals surface area contributed by atoms with Crippen molar-refractivity contribution < 1.29 is 14.6 Å². The number of hydrogen-bond donors (Lipinski definition) is 2. The maximum atomic E-state index is 13.1. The summed E-state index contributed by atoms with van der Waals surface area (Å²) in [5, 5.41) is 19.5. The Morgan fingerprint density at radius 2 is 1.67 bits per heavy atom. The third kappa shape index (κ3) is 5.06. The molecular formula is C22H29FN2O2. The molecule has 0 spiro atoms. The molecular weight excluding hydrogens is 343 g/mol. The zero-order chi connectivity index (χ0) is 19.4. The van der Waals surface area contributed by atoms with Crippen LogP contribution in [0.2, 0.25) is 0 Å². The van der Waals surface area contributed by atoms with E-state index in [4.69, 9.17) is 0 Å². The summed E-state index contributed by atoms with van der Waals surface area (Å²) >= 11 is 0. The molecule has 27 heavy (non-hydrogen) atoms. The highest BCUT2D eigenvalue weighted by Crippen LogP contribution is 2.25. The first-order chi connectivity index (χ1) is 13.0. The van der Waals surface area contributed by atoms with Gasteiger partial charge in [-0.15, -0.1) is 0 Å². The molecule has 0 aromatic heterocycles. The number of benzene rings is 2. The van der Waals surface area contributed by atoms with Crippen molar-refractivity contribution in [2.75, 3.05) is 26.2 Å². The van der Waals surface area contributed by atoms with Crippen LogP contribution in [-0.2, 0) is 13.1 Å². The number of hydrogen-bond acceptors (Lipinski definition) is 4. The number of aliphatic hydroxyl groups excluding tert-OH is 1. The molecule has 5 heteroatoms. The maximum Gasteiger partial charge on any atom is 0.123 e. The summed E-state index contributed by atoms with van der Waals surface area (Å²) in [6.45, 7) is 8.39. The maximum absolute atomic E-state index is 13.1. The number of aliphatic hydroxyl groups is 1. The Kier molecular flexibility index (Phi) is 6.47. The molecule has 0 radical (unpaired) electrons. The second-order valence-corrected chi connectivity index (χ2v) is 7.58. The summed E-state index contributed by atoms with van der Waals surface area (Å²) < 4.78 is 13.1. The molecule has 1 unspecified atom stereocenters. The Bertz CT molecular complexity index is 740. The number of aromatic hydroxyl groups is 1. The van der Waals surface area contributed by atoms with Gasteiger partial charge in [-0.05, 0) is 54.7 Å². The Labute approximate surface area is 160 Å². The van der Waals surface area contributed by atoms with E-state index in [0.29, 0.717) is 5.75 Å². The van der Waals surface area contributed by atoms with Gasteiger partial charge in [0.25, 0.3) is 0 Å². The van der Waals surface area contributed by atoms with Gasteiger partial charge in [0.05, 0.1) is 0 Å². The highest BCUT2D eigenvalue weighted by molar-refractivity contribution is 5.42. The minimum Gasteiger partial charge on any atom is -0.507 e. The molecule has 0 saturated carbocycles. The molecule has 1 heterocycles. The second kappa shape index (κ2) is 8.83. The van der Waals surface area contributed by atoms with Gasteiger partial charge in [0.15, 0.2) is 0 Å². The first-order valence-corrected chi connectivity index (χ1v) is 9.57. The van der Waals surface area contributed by atoms with Crippen molar-refractivity contribution in [2.45, 2.75) is 39.4 Å². The van der Waals surface area contributed by atoms with Gasteiger partial charge in [-0.2, -0.15) is 0 Å². The van der Waals surface area contributed by atoms with Crippen LogP contribution in [0.4, 0.5) is 4.39 Å². The fourth-order valence-corrected chi connectivity index (χ4v) is 3.95. The quantitative estimate of drug-likeness (QED) is 0.817. The smallest absolute Gasteiger partial charge is 0.123 e. The Morgan fingerprint density at radius 3 is 2.30 bits per heavy atom. The second-order valence-electron chi connectivity index (χ2n) is 7.58. The monoisotopic (exact) mass is 372 g/mol. The summed E-state index contributed by atoms with van der Waals surface area (Å²) in [6.07, 6.45) is 0.728. The van der Waals surface area contributed by atoms with E-state index in [2.05, 4.69) is 9.80 Å². The molecule has 146 valence electrons. The van der Waals surface area contributed by atoms with Gasteiger partial charge >= 0.3 is 0 Å². The summed E-state index contributed by atoms with van der Waals surface area (Å²) in [5.74, 6) is 0.163. The van der Waals surface area contributed by atoms with E-state index in [1.807, 2.05) is 38.1 Å². The van der Waals surface area contributed by atoms with E-state index in [1.165, 1.54) is 17.7 Å². The molecule has 0 amide bonds. The zero-order valence-electron chi connectivity index (χ0n) is 16.2. The standard InChI is InChI=1S/C22H29FN2O2/c1-16-11-19(12-17(2)22(16)27)13-24-8-9-25(21(15-24)7-10-26)14-18-3-5-20(23)6-4-18/h3-6,11-12,21,26-27H,7-10,13-15H2,1-2H3. The molecule has 0 bridgehead atoms. The van der Waals surface area contributed by atoms with Crippen LogP contribution in [0.25, 0.3) is 0 Å². The lowest BCUT2D eigenvalue weighted by Gasteiger charge is -2.41. The van der Waals surface area contributed by atoms with Crippen molar-refractivity contribution in [3.05, 3.63) is 64.5 Å². The zero-order valence-corrected chi connectivity index (χ0v) is 16.2. The predicted molar refractivity (Wildman–Crippen MR) is 105 cm³/mol. The molecule has 1 saturated heterocycles. The molecule has 2 aromatic carbocycles. The van der Waals surface area contributed by atoms with Gasteiger partial charge in [0, 0.05) is 45.4 Å². The summed E-state index contributed by atoms with van der Waals surface area (Å²) in [4.78, 5) is 4.79. The Hall–Kier alpha value is -1.95. The lowest BCUT2D eigenvalue weighted by atomic mass is 10.0. The fourth-order valence-electron chi connectivity index (χ4n) is 3.95. The largest absolute Gasteiger partial charge is 0.507 e. The average Bonchev–Trinajstić information content (AvgIpc) is 2.64. The molecule has 2 aromatic rings. The number of phenols is 1. The molecule has 3 rings (SSSR count). The lowest BCUT2D eigenvalue weighted by Crippen LogP contribution is -2.52. The number of nitrogens with zero attached hydrogens (tertiary/aromatic N) is 2. The first-order valence-electron chi connectivity index (χ1n) is 9.57. The van der Waals surface area contributed by atoms with E-state index >= 15 is 0 Å². The summed E-state index contributed by atoms with van der Waals surface area (Å²) in [6, 6.07) is 11.0. The van der Waals surface area contributed by atoms with E-state index in [0.717, 1.165) is 55.8 Å². The third-order valence-electron chi connectivity index (χ3n) is 5.41. The van der Waals surface area contributed by atoms with Gasteiger partial charge in [-0.3, -0.25) is 9.80 Å². The molecule has 1 aliphatic rings. The number of halogens is 1. The highest BCUT2D eigenvalue weighted by atomic mass is 19.1. The number of rotatable bonds is 6. The van der Waals surface area contributed by atoms with Crippen molar-refractivity contribution in [2.24, 2.45) is 0 Å². The van der Waals surface area contributed by atoms with Crippen LogP contribution in [0.15, 0.2) is 36.4 Å². The Morgan fingerprint density at radius 1 is 1.00 bits per heavy atom. The van der Waals surface area contributed by atoms with Crippen LogP contribution in [-0.4, -0.2) is 52.3 Å². The number of aryl methyl sites for hydroxylation is 2. The minimum atomic E-state index is -0.213. The number of phenolic OH excluding ortho intramolecular Hbond substituents is 1. The highest BCUT2D eigenvalue weighted by Gasteiger charge is 2.26. The van der Waals surface area contributed by atoms with E-state index in [9.17, 15) is 14.6 Å². The van der Waals surface area contributed by atoms with Gasteiger partial charge in [-0.25, -0.2) is 4.39 Å². The predicted octanol–water partition coefficient (Wildman–Crippen LogP) is 3.22. The minimum absolute atomic E-state index is 0.163. The van der Waals surface area contributed by atoms with Crippen molar-refractivity contribution in [3.63, 3.8) is 0 Å². The first kappa shape index (κ1) is 19.8. The van der Waals surface area contributed by atoms with Crippen LogP contribution in [0.3, 0.4) is 0 Å². The SMILES string of the molecule is Cc1cc(CN2CCN(Cc3ccc(F)cc3)C(CCO)C2)cc(C)c1O. The van der Waals surface area contributed by atoms with E-state index in [-0.39, 0.29) is 18.5 Å². The van der Waals surface area contributed by atoms with Crippen LogP contribution in [0.1, 0.15) is 28.7 Å². The normalized spacial score (nSPS) is 18.7. The molecule has 4 nitrogen and oxygen atoms in total. The van der Waals surface area contributed by atoms with Gasteiger partial charge in [0.2, 0.25) is 0 Å². The van der Waals surface area contributed by atoms with Gasteiger partial charge in [0.1, 0.15) is 11.6 Å². The van der Waals surface area contributed by atoms with Crippen molar-refractivity contribution in [3.8, 4) is 5.75 Å². The van der Waals surface area contributed by atoms with Crippen LogP contribution < -0.4 is 0 Å². The van der Waals surface area contributed by atoms with Gasteiger partial charge in [-0.1, -0.05) is 24.3 Å². The van der Waals surface area contributed by atoms with E-state index in [1.54, 1.807) is 0 Å². The van der Waals surface area contributed by atoms with Crippen LogP contribution in [0.5, 0.6) is 5.75 Å². The van der Waals surface area contributed by atoms with Crippen molar-refractivity contribution in [1.82, 2.24) is 9.80 Å². The van der Waals surface area contributed by atoms with Crippen LogP contribution >= 0.6 is 0 Å². The average molecular weight is 372 g/mol.